The third-order valence-corrected chi connectivity index (χ3v) is 8.17. The summed E-state index contributed by atoms with van der Waals surface area (Å²) in [6.07, 6.45) is 4.37. The minimum atomic E-state index is -0.425. The second kappa shape index (κ2) is 11.0. The Morgan fingerprint density at radius 3 is 2.11 bits per heavy atom. The van der Waals surface area contributed by atoms with Gasteiger partial charge in [-0.25, -0.2) is 0 Å². The van der Waals surface area contributed by atoms with Crippen molar-refractivity contribution in [3.8, 4) is 11.5 Å². The van der Waals surface area contributed by atoms with Gasteiger partial charge in [-0.3, -0.25) is 9.59 Å². The van der Waals surface area contributed by atoms with Crippen LogP contribution in [0.5, 0.6) is 11.5 Å². The first-order valence-electron chi connectivity index (χ1n) is 13.1. The monoisotopic (exact) mass is 583 g/mol. The molecule has 2 aromatic carbocycles. The highest BCUT2D eigenvalue weighted by Gasteiger charge is 2.43. The Morgan fingerprint density at radius 1 is 0.919 bits per heavy atom. The Hall–Kier alpha value is -2.57. The molecular weight excluding hydrogens is 554 g/mol. The molecule has 0 saturated carbocycles. The van der Waals surface area contributed by atoms with Crippen molar-refractivity contribution in [3.63, 3.8) is 0 Å². The number of hydrogen-bond acceptors (Lipinski definition) is 5. The molecule has 0 amide bonds. The van der Waals surface area contributed by atoms with E-state index in [1.54, 1.807) is 0 Å². The van der Waals surface area contributed by atoms with Gasteiger partial charge in [0.1, 0.15) is 6.61 Å². The van der Waals surface area contributed by atoms with Crippen LogP contribution in [-0.2, 0) is 16.2 Å². The lowest BCUT2D eigenvalue weighted by atomic mass is 9.71. The molecule has 0 bridgehead atoms. The summed E-state index contributed by atoms with van der Waals surface area (Å²) >= 11 is 10.3. The van der Waals surface area contributed by atoms with Gasteiger partial charge >= 0.3 is 0 Å². The predicted molar refractivity (Wildman–Crippen MR) is 148 cm³/mol. The van der Waals surface area contributed by atoms with Crippen molar-refractivity contribution in [1.82, 2.24) is 4.90 Å². The number of hydrogen-bond donors (Lipinski definition) is 0. The van der Waals surface area contributed by atoms with Gasteiger partial charge in [0.2, 0.25) is 0 Å². The van der Waals surface area contributed by atoms with Crippen molar-refractivity contribution in [2.24, 2.45) is 0 Å². The lowest BCUT2D eigenvalue weighted by molar-refractivity contribution is -0.117. The summed E-state index contributed by atoms with van der Waals surface area (Å²) in [6, 6.07) is 11.7. The predicted octanol–water partition coefficient (Wildman–Crippen LogP) is 7.51. The summed E-state index contributed by atoms with van der Waals surface area (Å²) in [7, 11) is 0. The minimum absolute atomic E-state index is 0.124. The molecule has 0 radical (unpaired) electrons. The Kier molecular flexibility index (Phi) is 7.77. The molecule has 0 fully saturated rings. The van der Waals surface area contributed by atoms with E-state index in [9.17, 15) is 9.59 Å². The molecule has 0 atom stereocenters. The third kappa shape index (κ3) is 4.98. The molecule has 1 heterocycles. The molecule has 5 nitrogen and oxygen atoms in total. The van der Waals surface area contributed by atoms with Gasteiger partial charge < -0.3 is 14.4 Å². The van der Waals surface area contributed by atoms with Crippen molar-refractivity contribution in [2.75, 3.05) is 13.2 Å². The molecule has 0 unspecified atom stereocenters. The van der Waals surface area contributed by atoms with Gasteiger partial charge in [-0.2, -0.15) is 0 Å². The molecule has 2 aliphatic carbocycles. The number of Topliss-reactive ketones (excluding diaryl/α,β-unsaturated/α-hetero) is 2. The largest absolute Gasteiger partial charge is 0.490 e. The standard InChI is InChI=1S/C30H31BrClNO4/c1-3-33-22-7-5-9-24(34)28(22)27(29-23(33)8-6-10-25(29)35)19-15-21(32)30(26(16-19)36-4-2)37-17-18-11-13-20(31)14-12-18/h11-16,27H,3-10,17H2,1-2H3. The van der Waals surface area contributed by atoms with E-state index < -0.39 is 5.92 Å². The first-order valence-corrected chi connectivity index (χ1v) is 14.2. The van der Waals surface area contributed by atoms with Crippen LogP contribution in [0, 0.1) is 0 Å². The maximum atomic E-state index is 13.4. The van der Waals surface area contributed by atoms with E-state index in [2.05, 4.69) is 27.8 Å². The lowest BCUT2D eigenvalue weighted by Gasteiger charge is -2.43. The molecule has 0 saturated heterocycles. The van der Waals surface area contributed by atoms with E-state index in [1.165, 1.54) is 0 Å². The van der Waals surface area contributed by atoms with Crippen molar-refractivity contribution >= 4 is 39.1 Å². The molecule has 3 aliphatic rings. The van der Waals surface area contributed by atoms with Crippen LogP contribution >= 0.6 is 27.5 Å². The zero-order chi connectivity index (χ0) is 26.1. The number of halogens is 2. The summed E-state index contributed by atoms with van der Waals surface area (Å²) in [5.41, 5.74) is 5.46. The number of carbonyl (C=O) groups excluding carboxylic acids is 2. The number of nitrogens with zero attached hydrogens (tertiary/aromatic N) is 1. The van der Waals surface area contributed by atoms with E-state index in [1.807, 2.05) is 43.3 Å². The van der Waals surface area contributed by atoms with Crippen molar-refractivity contribution in [3.05, 3.63) is 79.6 Å². The summed E-state index contributed by atoms with van der Waals surface area (Å²) in [5, 5.41) is 0.409. The highest BCUT2D eigenvalue weighted by molar-refractivity contribution is 9.10. The maximum absolute atomic E-state index is 13.4. The number of benzene rings is 2. The van der Waals surface area contributed by atoms with Crippen LogP contribution in [0.2, 0.25) is 5.02 Å². The van der Waals surface area contributed by atoms with Gasteiger partial charge in [-0.05, 0) is 74.9 Å². The smallest absolute Gasteiger partial charge is 0.180 e. The van der Waals surface area contributed by atoms with Gasteiger partial charge in [0.25, 0.3) is 0 Å². The minimum Gasteiger partial charge on any atom is -0.490 e. The number of ether oxygens (including phenoxy) is 2. The second-order valence-corrected chi connectivity index (χ2v) is 11.0. The second-order valence-electron chi connectivity index (χ2n) is 9.63. The van der Waals surface area contributed by atoms with Crippen LogP contribution in [0.1, 0.15) is 69.4 Å². The Labute approximate surface area is 231 Å². The fraction of sp³-hybridized carbons (Fsp3) is 0.400. The third-order valence-electron chi connectivity index (χ3n) is 7.36. The highest BCUT2D eigenvalue weighted by atomic mass is 79.9. The molecule has 0 aromatic heterocycles. The topological polar surface area (TPSA) is 55.8 Å². The average Bonchev–Trinajstić information content (AvgIpc) is 2.88. The fourth-order valence-corrected chi connectivity index (χ4v) is 6.36. The molecule has 0 N–H and O–H groups in total. The number of rotatable bonds is 7. The Bertz CT molecular complexity index is 1250. The summed E-state index contributed by atoms with van der Waals surface area (Å²) < 4.78 is 13.1. The Balaban J connectivity index is 1.60. The van der Waals surface area contributed by atoms with Gasteiger partial charge in [0.05, 0.1) is 11.6 Å². The molecule has 194 valence electrons. The highest BCUT2D eigenvalue weighted by Crippen LogP contribution is 2.51. The number of carbonyl (C=O) groups is 2. The van der Waals surface area contributed by atoms with E-state index >= 15 is 0 Å². The van der Waals surface area contributed by atoms with Crippen LogP contribution in [0.3, 0.4) is 0 Å². The van der Waals surface area contributed by atoms with Gasteiger partial charge in [-0.15, -0.1) is 0 Å². The fourth-order valence-electron chi connectivity index (χ4n) is 5.83. The molecule has 7 heteroatoms. The zero-order valence-corrected chi connectivity index (χ0v) is 23.6. The van der Waals surface area contributed by atoms with E-state index in [0.717, 1.165) is 70.4 Å². The Morgan fingerprint density at radius 2 is 1.54 bits per heavy atom. The summed E-state index contributed by atoms with van der Waals surface area (Å²) in [4.78, 5) is 29.0. The van der Waals surface area contributed by atoms with Crippen molar-refractivity contribution in [1.29, 1.82) is 0 Å². The summed E-state index contributed by atoms with van der Waals surface area (Å²) in [5.74, 6) is 0.814. The molecule has 37 heavy (non-hydrogen) atoms. The zero-order valence-electron chi connectivity index (χ0n) is 21.2. The molecule has 5 rings (SSSR count). The molecular formula is C30H31BrClNO4. The van der Waals surface area contributed by atoms with Gasteiger partial charge in [-0.1, -0.05) is 39.7 Å². The van der Waals surface area contributed by atoms with Crippen LogP contribution in [0.4, 0.5) is 0 Å². The van der Waals surface area contributed by atoms with E-state index in [4.69, 9.17) is 21.1 Å². The molecule has 2 aromatic rings. The quantitative estimate of drug-likeness (QED) is 0.337. The van der Waals surface area contributed by atoms with Gasteiger partial charge in [0, 0.05) is 52.3 Å². The first kappa shape index (κ1) is 26.1. The van der Waals surface area contributed by atoms with Crippen molar-refractivity contribution in [2.45, 2.75) is 64.9 Å². The normalized spacial score (nSPS) is 18.2. The first-order chi connectivity index (χ1) is 17.9. The maximum Gasteiger partial charge on any atom is 0.180 e. The summed E-state index contributed by atoms with van der Waals surface area (Å²) in [6.45, 7) is 5.52. The van der Waals surface area contributed by atoms with Gasteiger partial charge in [0.15, 0.2) is 23.1 Å². The van der Waals surface area contributed by atoms with E-state index in [0.29, 0.717) is 42.6 Å². The SMILES string of the molecule is CCOc1cc(C2C3=C(CCCC3=O)N(CC)C3=C2C(=O)CCC3)cc(Cl)c1OCc1ccc(Br)cc1. The van der Waals surface area contributed by atoms with E-state index in [-0.39, 0.29) is 11.6 Å². The number of ketones is 2. The molecule has 1 aliphatic heterocycles. The molecule has 0 spiro atoms. The number of allylic oxidation sites excluding steroid dienone is 4. The lowest BCUT2D eigenvalue weighted by Crippen LogP contribution is -2.39. The van der Waals surface area contributed by atoms with Crippen LogP contribution in [0.25, 0.3) is 0 Å². The van der Waals surface area contributed by atoms with Crippen molar-refractivity contribution < 1.29 is 19.1 Å². The van der Waals surface area contributed by atoms with Crippen LogP contribution in [-0.4, -0.2) is 29.6 Å². The van der Waals surface area contributed by atoms with Crippen LogP contribution in [0.15, 0.2) is 63.4 Å². The van der Waals surface area contributed by atoms with Crippen LogP contribution < -0.4 is 9.47 Å². The average molecular weight is 585 g/mol.